The van der Waals surface area contributed by atoms with E-state index < -0.39 is 5.91 Å². The van der Waals surface area contributed by atoms with Gasteiger partial charge in [-0.15, -0.1) is 0 Å². The predicted molar refractivity (Wildman–Crippen MR) is 114 cm³/mol. The number of rotatable bonds is 6. The smallest absolute Gasteiger partial charge is 0.248 e. The van der Waals surface area contributed by atoms with Crippen molar-refractivity contribution in [2.45, 2.75) is 25.3 Å². The molecule has 1 atom stereocenters. The standard InChI is InChI=1S/C23H24FN5O/c24-18-8-6-15(7-9-18)10-12-29-11-2-5-20(29)21-19(14-27-23(26)28-21)16-3-1-4-17(13-16)22(25)30/h1,3-4,6-9,13-14,20H,2,5,10-12H2,(H2,25,30)(H2,26,27,28)/t20-/m1/s1. The summed E-state index contributed by atoms with van der Waals surface area (Å²) in [6, 6.07) is 13.9. The Morgan fingerprint density at radius 3 is 2.77 bits per heavy atom. The van der Waals surface area contributed by atoms with Crippen LogP contribution >= 0.6 is 0 Å². The van der Waals surface area contributed by atoms with Gasteiger partial charge in [0.15, 0.2) is 0 Å². The molecule has 3 aromatic rings. The molecule has 1 aromatic heterocycles. The lowest BCUT2D eigenvalue weighted by Crippen LogP contribution is -2.27. The zero-order valence-corrected chi connectivity index (χ0v) is 16.6. The minimum atomic E-state index is -0.475. The molecular formula is C23H24FN5O. The Labute approximate surface area is 174 Å². The number of nitrogens with two attached hydrogens (primary N) is 2. The molecule has 1 amide bonds. The van der Waals surface area contributed by atoms with Crippen molar-refractivity contribution < 1.29 is 9.18 Å². The van der Waals surface area contributed by atoms with Crippen LogP contribution < -0.4 is 11.5 Å². The first-order valence-corrected chi connectivity index (χ1v) is 10.0. The number of nitrogens with zero attached hydrogens (tertiary/aromatic N) is 3. The maximum atomic E-state index is 13.2. The van der Waals surface area contributed by atoms with Gasteiger partial charge >= 0.3 is 0 Å². The number of carbonyl (C=O) groups is 1. The highest BCUT2D eigenvalue weighted by atomic mass is 19.1. The van der Waals surface area contributed by atoms with E-state index in [1.165, 1.54) is 12.1 Å². The Bertz CT molecular complexity index is 1050. The lowest BCUT2D eigenvalue weighted by molar-refractivity contribution is 0.100. The lowest BCUT2D eigenvalue weighted by Gasteiger charge is -2.26. The predicted octanol–water partition coefficient (Wildman–Crippen LogP) is 3.34. The number of halogens is 1. The van der Waals surface area contributed by atoms with E-state index >= 15 is 0 Å². The molecule has 4 rings (SSSR count). The van der Waals surface area contributed by atoms with E-state index in [1.807, 2.05) is 18.2 Å². The molecule has 30 heavy (non-hydrogen) atoms. The summed E-state index contributed by atoms with van der Waals surface area (Å²) >= 11 is 0. The first-order chi connectivity index (χ1) is 14.5. The highest BCUT2D eigenvalue weighted by Crippen LogP contribution is 2.36. The van der Waals surface area contributed by atoms with Crippen molar-refractivity contribution in [1.29, 1.82) is 0 Å². The number of primary amides is 1. The van der Waals surface area contributed by atoms with Crippen molar-refractivity contribution in [1.82, 2.24) is 14.9 Å². The lowest BCUT2D eigenvalue weighted by atomic mass is 9.98. The number of nitrogen functional groups attached to an aromatic ring is 1. The second kappa shape index (κ2) is 8.59. The van der Waals surface area contributed by atoms with Gasteiger partial charge in [-0.3, -0.25) is 9.69 Å². The van der Waals surface area contributed by atoms with Crippen LogP contribution in [-0.2, 0) is 6.42 Å². The Balaban J connectivity index is 1.62. The number of carbonyl (C=O) groups excluding carboxylic acids is 1. The van der Waals surface area contributed by atoms with Crippen LogP contribution in [0.3, 0.4) is 0 Å². The Hall–Kier alpha value is -3.32. The number of likely N-dealkylation sites (tertiary alicyclic amines) is 1. The molecule has 0 aliphatic carbocycles. The fourth-order valence-corrected chi connectivity index (χ4v) is 4.05. The fourth-order valence-electron chi connectivity index (χ4n) is 4.05. The molecule has 0 spiro atoms. The van der Waals surface area contributed by atoms with Crippen molar-refractivity contribution in [2.24, 2.45) is 5.73 Å². The van der Waals surface area contributed by atoms with Crippen molar-refractivity contribution in [3.63, 3.8) is 0 Å². The highest BCUT2D eigenvalue weighted by molar-refractivity contribution is 5.94. The van der Waals surface area contributed by atoms with Gasteiger partial charge in [-0.1, -0.05) is 24.3 Å². The van der Waals surface area contributed by atoms with Crippen LogP contribution in [0, 0.1) is 5.82 Å². The maximum absolute atomic E-state index is 13.2. The van der Waals surface area contributed by atoms with E-state index in [-0.39, 0.29) is 17.8 Å². The summed E-state index contributed by atoms with van der Waals surface area (Å²) in [5.41, 5.74) is 15.5. The van der Waals surface area contributed by atoms with Crippen molar-refractivity contribution in [2.75, 3.05) is 18.8 Å². The molecule has 154 valence electrons. The number of anilines is 1. The largest absolute Gasteiger partial charge is 0.368 e. The molecule has 6 nitrogen and oxygen atoms in total. The molecule has 0 bridgehead atoms. The van der Waals surface area contributed by atoms with Gasteiger partial charge in [-0.25, -0.2) is 14.4 Å². The van der Waals surface area contributed by atoms with Gasteiger partial charge in [0.25, 0.3) is 0 Å². The van der Waals surface area contributed by atoms with Gasteiger partial charge in [-0.05, 0) is 61.2 Å². The quantitative estimate of drug-likeness (QED) is 0.655. The molecule has 0 saturated carbocycles. The number of amides is 1. The van der Waals surface area contributed by atoms with Crippen LogP contribution in [0.25, 0.3) is 11.1 Å². The monoisotopic (exact) mass is 405 g/mol. The molecule has 2 aromatic carbocycles. The molecule has 0 unspecified atom stereocenters. The van der Waals surface area contributed by atoms with Gasteiger partial charge < -0.3 is 11.5 Å². The number of hydrogen-bond acceptors (Lipinski definition) is 5. The molecule has 1 aliphatic heterocycles. The average Bonchev–Trinajstić information content (AvgIpc) is 3.22. The molecule has 2 heterocycles. The van der Waals surface area contributed by atoms with Crippen LogP contribution in [0.4, 0.5) is 10.3 Å². The Morgan fingerprint density at radius 1 is 1.20 bits per heavy atom. The third kappa shape index (κ3) is 4.31. The zero-order valence-electron chi connectivity index (χ0n) is 16.6. The summed E-state index contributed by atoms with van der Waals surface area (Å²) in [7, 11) is 0. The normalized spacial score (nSPS) is 16.6. The molecule has 7 heteroatoms. The first kappa shape index (κ1) is 20.0. The molecule has 4 N–H and O–H groups in total. The third-order valence-corrected chi connectivity index (χ3v) is 5.58. The van der Waals surface area contributed by atoms with Gasteiger partial charge in [0.1, 0.15) is 5.82 Å². The van der Waals surface area contributed by atoms with E-state index in [4.69, 9.17) is 11.5 Å². The van der Waals surface area contributed by atoms with Gasteiger partial charge in [0, 0.05) is 23.9 Å². The van der Waals surface area contributed by atoms with Crippen LogP contribution in [0.2, 0.25) is 0 Å². The minimum Gasteiger partial charge on any atom is -0.368 e. The van der Waals surface area contributed by atoms with Gasteiger partial charge in [0.2, 0.25) is 11.9 Å². The summed E-state index contributed by atoms with van der Waals surface area (Å²) < 4.78 is 13.2. The second-order valence-corrected chi connectivity index (χ2v) is 7.54. The van der Waals surface area contributed by atoms with Gasteiger partial charge in [0.05, 0.1) is 11.7 Å². The van der Waals surface area contributed by atoms with Crippen LogP contribution in [0.1, 0.15) is 40.5 Å². The van der Waals surface area contributed by atoms with Gasteiger partial charge in [-0.2, -0.15) is 0 Å². The molecule has 0 radical (unpaired) electrons. The van der Waals surface area contributed by atoms with Crippen molar-refractivity contribution >= 4 is 11.9 Å². The summed E-state index contributed by atoms with van der Waals surface area (Å²) in [6.07, 6.45) is 4.55. The fraction of sp³-hybridized carbons (Fsp3) is 0.261. The molecular weight excluding hydrogens is 381 g/mol. The SMILES string of the molecule is NC(=O)c1cccc(-c2cnc(N)nc2[C@H]2CCCN2CCc2ccc(F)cc2)c1. The maximum Gasteiger partial charge on any atom is 0.248 e. The number of benzene rings is 2. The topological polar surface area (TPSA) is 98.1 Å². The van der Waals surface area contributed by atoms with Crippen LogP contribution in [-0.4, -0.2) is 33.9 Å². The number of aromatic nitrogens is 2. The third-order valence-electron chi connectivity index (χ3n) is 5.58. The van der Waals surface area contributed by atoms with E-state index in [1.54, 1.807) is 24.4 Å². The van der Waals surface area contributed by atoms with Crippen molar-refractivity contribution in [3.8, 4) is 11.1 Å². The summed E-state index contributed by atoms with van der Waals surface area (Å²) in [4.78, 5) is 22.8. The summed E-state index contributed by atoms with van der Waals surface area (Å²) in [6.45, 7) is 1.79. The van der Waals surface area contributed by atoms with Crippen LogP contribution in [0.5, 0.6) is 0 Å². The Kier molecular flexibility index (Phi) is 5.72. The highest BCUT2D eigenvalue weighted by Gasteiger charge is 2.29. The zero-order chi connectivity index (χ0) is 21.1. The van der Waals surface area contributed by atoms with E-state index in [0.29, 0.717) is 5.56 Å². The molecule has 1 fully saturated rings. The molecule has 1 saturated heterocycles. The van der Waals surface area contributed by atoms with E-state index in [2.05, 4.69) is 14.9 Å². The first-order valence-electron chi connectivity index (χ1n) is 10.0. The number of hydrogen-bond donors (Lipinski definition) is 2. The summed E-state index contributed by atoms with van der Waals surface area (Å²) in [5, 5.41) is 0. The minimum absolute atomic E-state index is 0.1000. The molecule has 1 aliphatic rings. The van der Waals surface area contributed by atoms with E-state index in [9.17, 15) is 9.18 Å². The second-order valence-electron chi connectivity index (χ2n) is 7.54. The van der Waals surface area contributed by atoms with Crippen LogP contribution in [0.15, 0.2) is 54.7 Å². The summed E-state index contributed by atoms with van der Waals surface area (Å²) in [5.74, 6) is -0.473. The van der Waals surface area contributed by atoms with Crippen molar-refractivity contribution in [3.05, 3.63) is 77.4 Å². The van der Waals surface area contributed by atoms with E-state index in [0.717, 1.165) is 54.7 Å². The average molecular weight is 405 g/mol. The Morgan fingerprint density at radius 2 is 2.00 bits per heavy atom.